The monoisotopic (exact) mass is 216 g/mol. The Morgan fingerprint density at radius 1 is 1.27 bits per heavy atom. The van der Waals surface area contributed by atoms with E-state index in [0.717, 1.165) is 6.42 Å². The molecule has 0 bridgehead atoms. The van der Waals surface area contributed by atoms with Crippen LogP contribution in [0.2, 0.25) is 0 Å². The lowest BCUT2D eigenvalue weighted by Gasteiger charge is -2.10. The zero-order chi connectivity index (χ0) is 11.5. The van der Waals surface area contributed by atoms with Crippen molar-refractivity contribution in [2.75, 3.05) is 27.0 Å². The summed E-state index contributed by atoms with van der Waals surface area (Å²) in [6.07, 6.45) is 5.40. The minimum absolute atomic E-state index is 0.452. The largest absolute Gasteiger partial charge is 0.491 e. The van der Waals surface area contributed by atoms with Crippen LogP contribution in [0.15, 0.2) is 23.5 Å². The first kappa shape index (κ1) is 14.2. The van der Waals surface area contributed by atoms with Crippen LogP contribution in [0.3, 0.4) is 0 Å². The van der Waals surface area contributed by atoms with E-state index in [-0.39, 0.29) is 0 Å². The predicted octanol–water partition coefficient (Wildman–Crippen LogP) is 3.25. The Kier molecular flexibility index (Phi) is 9.18. The Labute approximate surface area is 91.8 Å². The van der Waals surface area contributed by atoms with Gasteiger partial charge >= 0.3 is 0 Å². The molecule has 0 radical (unpaired) electrons. The molecule has 0 aromatic heterocycles. The molecule has 0 saturated heterocycles. The molecule has 2 nitrogen and oxygen atoms in total. The van der Waals surface area contributed by atoms with Gasteiger partial charge in [-0.15, -0.1) is 0 Å². The third kappa shape index (κ3) is 6.28. The van der Waals surface area contributed by atoms with Crippen molar-refractivity contribution in [3.63, 3.8) is 0 Å². The fraction of sp³-hybridized carbons (Fsp3) is 0.667. The maximum absolute atomic E-state index is 12.6. The van der Waals surface area contributed by atoms with Crippen molar-refractivity contribution in [2.24, 2.45) is 0 Å². The Bertz CT molecular complexity index is 204. The van der Waals surface area contributed by atoms with Crippen LogP contribution in [0.5, 0.6) is 0 Å². The van der Waals surface area contributed by atoms with E-state index in [1.165, 1.54) is 0 Å². The fourth-order valence-electron chi connectivity index (χ4n) is 1.06. The van der Waals surface area contributed by atoms with Gasteiger partial charge in [-0.05, 0) is 18.9 Å². The van der Waals surface area contributed by atoms with Crippen molar-refractivity contribution < 1.29 is 13.9 Å². The maximum Gasteiger partial charge on any atom is 0.120 e. The van der Waals surface area contributed by atoms with Crippen LogP contribution >= 0.6 is 0 Å². The Morgan fingerprint density at radius 3 is 2.47 bits per heavy atom. The van der Waals surface area contributed by atoms with Crippen LogP contribution in [0, 0.1) is 0 Å². The Hall–Kier alpha value is -0.830. The number of hydrogen-bond donors (Lipinski definition) is 0. The highest BCUT2D eigenvalue weighted by Crippen LogP contribution is 2.13. The number of rotatable bonds is 8. The van der Waals surface area contributed by atoms with Crippen LogP contribution in [-0.2, 0) is 9.47 Å². The normalized spacial score (nSPS) is 13.1. The van der Waals surface area contributed by atoms with Gasteiger partial charge in [0, 0.05) is 12.7 Å². The summed E-state index contributed by atoms with van der Waals surface area (Å²) in [5.74, 6) is 0.652. The zero-order valence-electron chi connectivity index (χ0n) is 9.88. The van der Waals surface area contributed by atoms with Crippen molar-refractivity contribution in [3.05, 3.63) is 23.5 Å². The van der Waals surface area contributed by atoms with Gasteiger partial charge in [0.05, 0.1) is 6.61 Å². The van der Waals surface area contributed by atoms with Gasteiger partial charge in [-0.2, -0.15) is 0 Å². The van der Waals surface area contributed by atoms with Crippen LogP contribution in [0.1, 0.15) is 26.7 Å². The second-order valence-corrected chi connectivity index (χ2v) is 3.11. The van der Waals surface area contributed by atoms with Crippen LogP contribution in [0.25, 0.3) is 0 Å². The molecule has 0 aliphatic rings. The number of allylic oxidation sites excluding steroid dienone is 3. The molecule has 0 heterocycles. The van der Waals surface area contributed by atoms with Crippen molar-refractivity contribution in [1.29, 1.82) is 0 Å². The van der Waals surface area contributed by atoms with Crippen molar-refractivity contribution >= 4 is 0 Å². The Balaban J connectivity index is 4.41. The summed E-state index contributed by atoms with van der Waals surface area (Å²) in [6, 6.07) is 0. The molecule has 0 amide bonds. The van der Waals surface area contributed by atoms with Gasteiger partial charge in [-0.1, -0.05) is 19.9 Å². The summed E-state index contributed by atoms with van der Waals surface area (Å²) in [4.78, 5) is 0. The molecule has 0 unspecified atom stereocenters. The summed E-state index contributed by atoms with van der Waals surface area (Å²) in [7, 11) is 1.62. The standard InChI is InChI=1S/C12H21FO2/c1-4-6-7-12(11(5-2)10-13)15-9-8-14-3/h6-7H,4-5,8-10H2,1-3H3/b7-6-,12-11+. The number of ether oxygens (including phenoxy) is 2. The second-order valence-electron chi connectivity index (χ2n) is 3.11. The summed E-state index contributed by atoms with van der Waals surface area (Å²) < 4.78 is 23.0. The number of hydrogen-bond acceptors (Lipinski definition) is 2. The van der Waals surface area contributed by atoms with Crippen molar-refractivity contribution in [2.45, 2.75) is 26.7 Å². The minimum atomic E-state index is -0.452. The Morgan fingerprint density at radius 2 is 2.00 bits per heavy atom. The molecule has 0 aliphatic carbocycles. The summed E-state index contributed by atoms with van der Waals surface area (Å²) >= 11 is 0. The molecular weight excluding hydrogens is 195 g/mol. The van der Waals surface area contributed by atoms with E-state index in [0.29, 0.717) is 31.0 Å². The van der Waals surface area contributed by atoms with E-state index in [1.807, 2.05) is 26.0 Å². The van der Waals surface area contributed by atoms with E-state index < -0.39 is 6.67 Å². The molecule has 0 aliphatic heterocycles. The molecule has 3 heteroatoms. The smallest absolute Gasteiger partial charge is 0.120 e. The third-order valence-electron chi connectivity index (χ3n) is 1.99. The maximum atomic E-state index is 12.6. The lowest BCUT2D eigenvalue weighted by molar-refractivity contribution is 0.112. The molecule has 0 saturated carbocycles. The quantitative estimate of drug-likeness (QED) is 0.352. The molecule has 88 valence electrons. The van der Waals surface area contributed by atoms with E-state index >= 15 is 0 Å². The van der Waals surface area contributed by atoms with Gasteiger partial charge < -0.3 is 9.47 Å². The molecule has 0 fully saturated rings. The SMILES string of the molecule is CC/C=C\C(OCCOC)=C(\CC)CF. The lowest BCUT2D eigenvalue weighted by atomic mass is 10.2. The molecule has 0 aromatic rings. The molecule has 0 rings (SSSR count). The summed E-state index contributed by atoms with van der Waals surface area (Å²) in [5.41, 5.74) is 0.704. The fourth-order valence-corrected chi connectivity index (χ4v) is 1.06. The van der Waals surface area contributed by atoms with Gasteiger partial charge in [0.25, 0.3) is 0 Å². The minimum Gasteiger partial charge on any atom is -0.491 e. The molecule has 0 spiro atoms. The molecule has 0 N–H and O–H groups in total. The third-order valence-corrected chi connectivity index (χ3v) is 1.99. The highest BCUT2D eigenvalue weighted by Gasteiger charge is 2.03. The van der Waals surface area contributed by atoms with Crippen molar-refractivity contribution in [1.82, 2.24) is 0 Å². The van der Waals surface area contributed by atoms with E-state index in [1.54, 1.807) is 7.11 Å². The topological polar surface area (TPSA) is 18.5 Å². The van der Waals surface area contributed by atoms with Gasteiger partial charge in [0.1, 0.15) is 19.0 Å². The molecule has 15 heavy (non-hydrogen) atoms. The molecule has 0 aromatic carbocycles. The van der Waals surface area contributed by atoms with Crippen LogP contribution in [0.4, 0.5) is 4.39 Å². The zero-order valence-corrected chi connectivity index (χ0v) is 9.88. The predicted molar refractivity (Wildman–Crippen MR) is 60.6 cm³/mol. The van der Waals surface area contributed by atoms with Gasteiger partial charge in [0.2, 0.25) is 0 Å². The van der Waals surface area contributed by atoms with Gasteiger partial charge in [0.15, 0.2) is 0 Å². The number of halogens is 1. The lowest BCUT2D eigenvalue weighted by Crippen LogP contribution is -2.03. The molecular formula is C12H21FO2. The molecule has 0 atom stereocenters. The number of methoxy groups -OCH3 is 1. The van der Waals surface area contributed by atoms with Gasteiger partial charge in [-0.25, -0.2) is 4.39 Å². The van der Waals surface area contributed by atoms with Gasteiger partial charge in [-0.3, -0.25) is 0 Å². The first-order valence-corrected chi connectivity index (χ1v) is 5.36. The highest BCUT2D eigenvalue weighted by atomic mass is 19.1. The second kappa shape index (κ2) is 9.71. The first-order valence-electron chi connectivity index (χ1n) is 5.36. The van der Waals surface area contributed by atoms with E-state index in [4.69, 9.17) is 9.47 Å². The van der Waals surface area contributed by atoms with Crippen molar-refractivity contribution in [3.8, 4) is 0 Å². The first-order chi connectivity index (χ1) is 7.29. The average Bonchev–Trinajstić information content (AvgIpc) is 2.26. The number of alkyl halides is 1. The summed E-state index contributed by atoms with van der Waals surface area (Å²) in [5, 5.41) is 0. The average molecular weight is 216 g/mol. The van der Waals surface area contributed by atoms with E-state index in [9.17, 15) is 4.39 Å². The summed E-state index contributed by atoms with van der Waals surface area (Å²) in [6.45, 7) is 4.49. The van der Waals surface area contributed by atoms with E-state index in [2.05, 4.69) is 0 Å². The van der Waals surface area contributed by atoms with Crippen LogP contribution < -0.4 is 0 Å². The highest BCUT2D eigenvalue weighted by molar-refractivity contribution is 5.20. The van der Waals surface area contributed by atoms with Crippen LogP contribution in [-0.4, -0.2) is 27.0 Å².